The van der Waals surface area contributed by atoms with Crippen molar-refractivity contribution in [1.82, 2.24) is 15.5 Å². The molecule has 164 valence electrons. The molecule has 0 fully saturated rings. The van der Waals surface area contributed by atoms with Crippen LogP contribution in [0.4, 0.5) is 0 Å². The number of aliphatic imine (C=N–C) groups is 1. The van der Waals surface area contributed by atoms with Crippen molar-refractivity contribution in [2.45, 2.75) is 26.3 Å². The second-order valence-corrected chi connectivity index (χ2v) is 6.56. The minimum atomic E-state index is 0.0525. The van der Waals surface area contributed by atoms with Crippen LogP contribution in [-0.4, -0.2) is 55.4 Å². The van der Waals surface area contributed by atoms with Gasteiger partial charge in [0.25, 0.3) is 0 Å². The lowest BCUT2D eigenvalue weighted by molar-refractivity contribution is -0.121. The number of amidine groups is 1. The summed E-state index contributed by atoms with van der Waals surface area (Å²) >= 11 is 0. The summed E-state index contributed by atoms with van der Waals surface area (Å²) in [6, 6.07) is 0.161. The molecule has 0 saturated heterocycles. The monoisotopic (exact) mass is 442 g/mol. The Hall–Kier alpha value is -5.06. The minimum Gasteiger partial charge on any atom is -0.354 e. The molecule has 5 heteroatoms. The zero-order chi connectivity index (χ0) is 24.7. The van der Waals surface area contributed by atoms with Gasteiger partial charge in [0.1, 0.15) is 0 Å². The first-order valence-electron chi connectivity index (χ1n) is 10.4. The fourth-order valence-electron chi connectivity index (χ4n) is 2.28. The van der Waals surface area contributed by atoms with Crippen molar-refractivity contribution in [2.75, 3.05) is 32.7 Å². The lowest BCUT2D eigenvalue weighted by Crippen LogP contribution is -2.36. The first-order chi connectivity index (χ1) is 16.6. The lowest BCUT2D eigenvalue weighted by Gasteiger charge is -2.17. The maximum atomic E-state index is 11.6. The van der Waals surface area contributed by atoms with Gasteiger partial charge in [-0.15, -0.1) is 6.42 Å². The first-order valence-corrected chi connectivity index (χ1v) is 10.4. The molecule has 0 saturated carbocycles. The molecule has 34 heavy (non-hydrogen) atoms. The Morgan fingerprint density at radius 1 is 0.882 bits per heavy atom. The van der Waals surface area contributed by atoms with Gasteiger partial charge in [-0.05, 0) is 114 Å². The summed E-state index contributed by atoms with van der Waals surface area (Å²) in [4.78, 5) is 18.1. The molecular formula is C29H22N4O. The zero-order valence-electron chi connectivity index (χ0n) is 19.2. The highest BCUT2D eigenvalue weighted by Crippen LogP contribution is 1.99. The molecule has 5 nitrogen and oxygen atoms in total. The van der Waals surface area contributed by atoms with Crippen molar-refractivity contribution in [1.29, 1.82) is 0 Å². The van der Waals surface area contributed by atoms with Gasteiger partial charge in [-0.3, -0.25) is 9.79 Å². The molecule has 0 aromatic rings. The standard InChI is InChI=1S/C29H22N4O/c1-4-5-6-7-8-9-10-11-12-13-14-15-16-17-18-19-20-28-31-24-26-33(28)25-23-30-22-21-29(34)32-27(2)3/h1,27,30H,21-26H2,2-3H3,(H,32,34). The molecule has 0 spiro atoms. The van der Waals surface area contributed by atoms with E-state index < -0.39 is 0 Å². The third-order valence-corrected chi connectivity index (χ3v) is 3.59. The summed E-state index contributed by atoms with van der Waals surface area (Å²) in [5, 5.41) is 6.13. The molecule has 1 aliphatic rings. The van der Waals surface area contributed by atoms with Gasteiger partial charge in [-0.1, -0.05) is 0 Å². The third-order valence-electron chi connectivity index (χ3n) is 3.59. The Bertz CT molecular complexity index is 1310. The van der Waals surface area contributed by atoms with Crippen LogP contribution in [0.15, 0.2) is 4.99 Å². The Kier molecular flexibility index (Phi) is 14.8. The van der Waals surface area contributed by atoms with E-state index in [-0.39, 0.29) is 11.9 Å². The Morgan fingerprint density at radius 2 is 1.41 bits per heavy atom. The predicted molar refractivity (Wildman–Crippen MR) is 136 cm³/mol. The van der Waals surface area contributed by atoms with Crippen molar-refractivity contribution in [3.05, 3.63) is 0 Å². The number of nitrogens with one attached hydrogen (secondary N) is 2. The van der Waals surface area contributed by atoms with Crippen molar-refractivity contribution in [2.24, 2.45) is 4.99 Å². The molecule has 1 heterocycles. The summed E-state index contributed by atoms with van der Waals surface area (Å²) < 4.78 is 0. The van der Waals surface area contributed by atoms with Gasteiger partial charge in [-0.25, -0.2) is 0 Å². The number of carbonyl (C=O) groups is 1. The Balaban J connectivity index is 2.36. The van der Waals surface area contributed by atoms with E-state index in [0.717, 1.165) is 19.6 Å². The average molecular weight is 443 g/mol. The van der Waals surface area contributed by atoms with Crippen LogP contribution in [-0.2, 0) is 4.79 Å². The van der Waals surface area contributed by atoms with E-state index >= 15 is 0 Å². The zero-order valence-corrected chi connectivity index (χ0v) is 19.2. The number of rotatable bonds is 7. The van der Waals surface area contributed by atoms with E-state index in [1.165, 1.54) is 0 Å². The van der Waals surface area contributed by atoms with Gasteiger partial charge in [0.15, 0.2) is 5.84 Å². The summed E-state index contributed by atoms with van der Waals surface area (Å²) in [6.07, 6.45) is 5.40. The fraction of sp³-hybridized carbons (Fsp3) is 0.310. The average Bonchev–Trinajstić information content (AvgIpc) is 3.25. The summed E-state index contributed by atoms with van der Waals surface area (Å²) in [6.45, 7) is 7.56. The lowest BCUT2D eigenvalue weighted by atomic mass is 10.3. The number of amides is 1. The highest BCUT2D eigenvalue weighted by Gasteiger charge is 2.13. The Labute approximate surface area is 203 Å². The molecule has 0 aliphatic carbocycles. The van der Waals surface area contributed by atoms with Crippen molar-refractivity contribution in [3.8, 4) is 107 Å². The third kappa shape index (κ3) is 14.8. The quantitative estimate of drug-likeness (QED) is 0.427. The van der Waals surface area contributed by atoms with Crippen molar-refractivity contribution in [3.63, 3.8) is 0 Å². The molecule has 0 unspecified atom stereocenters. The molecule has 1 aliphatic heterocycles. The van der Waals surface area contributed by atoms with E-state index in [1.54, 1.807) is 0 Å². The van der Waals surface area contributed by atoms with Gasteiger partial charge in [0.05, 0.1) is 6.54 Å². The molecule has 1 rings (SSSR count). The summed E-state index contributed by atoms with van der Waals surface area (Å²) in [5.74, 6) is 43.8. The molecule has 0 radical (unpaired) electrons. The van der Waals surface area contributed by atoms with Gasteiger partial charge in [0.2, 0.25) is 5.91 Å². The number of carbonyl (C=O) groups excluding carboxylic acids is 1. The summed E-state index contributed by atoms with van der Waals surface area (Å²) in [7, 11) is 0. The van der Waals surface area contributed by atoms with Crippen LogP contribution in [0.3, 0.4) is 0 Å². The number of hydrogen-bond donors (Lipinski definition) is 2. The highest BCUT2D eigenvalue weighted by molar-refractivity contribution is 6.00. The van der Waals surface area contributed by atoms with Crippen molar-refractivity contribution < 1.29 is 4.79 Å². The Morgan fingerprint density at radius 3 is 1.94 bits per heavy atom. The second-order valence-electron chi connectivity index (χ2n) is 6.56. The van der Waals surface area contributed by atoms with E-state index in [9.17, 15) is 4.79 Å². The number of terminal acetylenes is 1. The van der Waals surface area contributed by atoms with E-state index in [2.05, 4.69) is 121 Å². The van der Waals surface area contributed by atoms with Gasteiger partial charge < -0.3 is 15.5 Å². The maximum Gasteiger partial charge on any atom is 0.221 e. The highest BCUT2D eigenvalue weighted by atomic mass is 16.1. The van der Waals surface area contributed by atoms with Crippen LogP contribution in [0.1, 0.15) is 20.3 Å². The predicted octanol–water partition coefficient (Wildman–Crippen LogP) is -0.135. The number of nitrogens with zero attached hydrogens (tertiary/aromatic N) is 2. The molecule has 0 aromatic carbocycles. The first kappa shape index (κ1) is 27.0. The van der Waals surface area contributed by atoms with Crippen LogP contribution in [0.2, 0.25) is 0 Å². The van der Waals surface area contributed by atoms with Crippen molar-refractivity contribution >= 4 is 11.7 Å². The molecule has 2 N–H and O–H groups in total. The molecule has 1 amide bonds. The van der Waals surface area contributed by atoms with Gasteiger partial charge in [-0.2, -0.15) is 0 Å². The van der Waals surface area contributed by atoms with Crippen LogP contribution in [0.25, 0.3) is 0 Å². The molecule has 0 atom stereocenters. The maximum absolute atomic E-state index is 11.6. The van der Waals surface area contributed by atoms with Crippen LogP contribution < -0.4 is 10.6 Å². The second kappa shape index (κ2) is 18.7. The SMILES string of the molecule is C#CC#CC#CC#CC#CC#CC#CC#CC#CC1=NCCN1CCNCCC(=O)NC(C)C. The van der Waals surface area contributed by atoms with Gasteiger partial charge in [0, 0.05) is 38.6 Å². The molecular weight excluding hydrogens is 420 g/mol. The summed E-state index contributed by atoms with van der Waals surface area (Å²) in [5.41, 5.74) is 0. The molecule has 0 bridgehead atoms. The fourth-order valence-corrected chi connectivity index (χ4v) is 2.28. The van der Waals surface area contributed by atoms with Crippen LogP contribution >= 0.6 is 0 Å². The normalized spacial score (nSPS) is 9.59. The number of hydrogen-bond acceptors (Lipinski definition) is 4. The van der Waals surface area contributed by atoms with Crippen LogP contribution in [0.5, 0.6) is 0 Å². The topological polar surface area (TPSA) is 56.7 Å². The van der Waals surface area contributed by atoms with E-state index in [0.29, 0.717) is 25.3 Å². The minimum absolute atomic E-state index is 0.0525. The van der Waals surface area contributed by atoms with Gasteiger partial charge >= 0.3 is 0 Å². The largest absolute Gasteiger partial charge is 0.354 e. The van der Waals surface area contributed by atoms with E-state index in [4.69, 9.17) is 6.42 Å². The van der Waals surface area contributed by atoms with E-state index in [1.807, 2.05) is 13.8 Å². The van der Waals surface area contributed by atoms with Crippen LogP contribution in [0, 0.1) is 107 Å². The molecule has 0 aromatic heterocycles. The smallest absolute Gasteiger partial charge is 0.221 e.